The van der Waals surface area contributed by atoms with E-state index in [0.717, 1.165) is 19.5 Å². The third-order valence-corrected chi connectivity index (χ3v) is 1.81. The lowest BCUT2D eigenvalue weighted by Gasteiger charge is -2.28. The molecule has 3 heteroatoms. The zero-order chi connectivity index (χ0) is 6.69. The zero-order valence-corrected chi connectivity index (χ0v) is 5.80. The van der Waals surface area contributed by atoms with Crippen molar-refractivity contribution in [2.24, 2.45) is 0 Å². The second-order valence-corrected chi connectivity index (χ2v) is 2.73. The van der Waals surface area contributed by atoms with Crippen molar-refractivity contribution in [3.05, 3.63) is 0 Å². The number of likely N-dealkylation sites (tertiary alicyclic amines) is 1. The summed E-state index contributed by atoms with van der Waals surface area (Å²) >= 11 is 0. The molecule has 1 atom stereocenters. The first-order valence-electron chi connectivity index (χ1n) is 3.41. The molecule has 1 unspecified atom stereocenters. The number of nitrogens with zero attached hydrogens (tertiary/aromatic N) is 1. The summed E-state index contributed by atoms with van der Waals surface area (Å²) in [7, 11) is 2.07. The molecule has 1 fully saturated rings. The first-order valence-corrected chi connectivity index (χ1v) is 3.41. The van der Waals surface area contributed by atoms with Crippen LogP contribution in [0.2, 0.25) is 0 Å². The van der Waals surface area contributed by atoms with Crippen LogP contribution in [0, 0.1) is 0 Å². The molecule has 0 saturated carbocycles. The first kappa shape index (κ1) is 6.99. The SMILES string of the molecule is CN1CCCC(NO)C1. The quantitative estimate of drug-likeness (QED) is 0.493. The van der Waals surface area contributed by atoms with Gasteiger partial charge in [-0.2, -0.15) is 0 Å². The molecular weight excluding hydrogens is 116 g/mol. The highest BCUT2D eigenvalue weighted by Gasteiger charge is 2.14. The molecule has 3 nitrogen and oxygen atoms in total. The molecule has 1 aliphatic rings. The molecule has 1 saturated heterocycles. The zero-order valence-electron chi connectivity index (χ0n) is 5.80. The molecule has 54 valence electrons. The molecule has 0 amide bonds. The number of hydrogen-bond acceptors (Lipinski definition) is 3. The average molecular weight is 130 g/mol. The van der Waals surface area contributed by atoms with E-state index in [1.807, 2.05) is 0 Å². The van der Waals surface area contributed by atoms with Crippen LogP contribution in [0.4, 0.5) is 0 Å². The summed E-state index contributed by atoms with van der Waals surface area (Å²) in [6.45, 7) is 2.13. The minimum absolute atomic E-state index is 0.295. The van der Waals surface area contributed by atoms with E-state index in [4.69, 9.17) is 5.21 Å². The molecule has 0 radical (unpaired) electrons. The predicted octanol–water partition coefficient (Wildman–Crippen LogP) is 0.0594. The normalized spacial score (nSPS) is 30.7. The summed E-state index contributed by atoms with van der Waals surface area (Å²) in [5, 5.41) is 8.53. The van der Waals surface area contributed by atoms with Gasteiger partial charge in [-0.15, -0.1) is 0 Å². The van der Waals surface area contributed by atoms with Gasteiger partial charge in [0.05, 0.1) is 0 Å². The average Bonchev–Trinajstić information content (AvgIpc) is 1.88. The van der Waals surface area contributed by atoms with Gasteiger partial charge in [-0.1, -0.05) is 0 Å². The Labute approximate surface area is 55.6 Å². The fourth-order valence-electron chi connectivity index (χ4n) is 1.27. The second kappa shape index (κ2) is 3.15. The minimum atomic E-state index is 0.295. The van der Waals surface area contributed by atoms with Crippen LogP contribution >= 0.6 is 0 Å². The Hall–Kier alpha value is -0.120. The van der Waals surface area contributed by atoms with E-state index in [1.54, 1.807) is 0 Å². The maximum Gasteiger partial charge on any atom is 0.0447 e. The highest BCUT2D eigenvalue weighted by molar-refractivity contribution is 4.72. The highest BCUT2D eigenvalue weighted by Crippen LogP contribution is 2.06. The van der Waals surface area contributed by atoms with Crippen LogP contribution in [0.1, 0.15) is 12.8 Å². The van der Waals surface area contributed by atoms with E-state index in [9.17, 15) is 0 Å². The molecule has 0 aliphatic carbocycles. The molecule has 1 aliphatic heterocycles. The van der Waals surface area contributed by atoms with Crippen molar-refractivity contribution in [1.82, 2.24) is 10.4 Å². The molecule has 9 heavy (non-hydrogen) atoms. The van der Waals surface area contributed by atoms with Gasteiger partial charge in [0.2, 0.25) is 0 Å². The maximum absolute atomic E-state index is 8.53. The summed E-state index contributed by atoms with van der Waals surface area (Å²) in [5.74, 6) is 0. The molecule has 1 heterocycles. The number of hydrogen-bond donors (Lipinski definition) is 2. The summed E-state index contributed by atoms with van der Waals surface area (Å²) in [4.78, 5) is 2.22. The monoisotopic (exact) mass is 130 g/mol. The largest absolute Gasteiger partial charge is 0.316 e. The van der Waals surface area contributed by atoms with Gasteiger partial charge in [0.15, 0.2) is 0 Å². The molecule has 1 rings (SSSR count). The Bertz CT molecular complexity index is 87.1. The number of nitrogens with one attached hydrogen (secondary N) is 1. The van der Waals surface area contributed by atoms with Gasteiger partial charge in [-0.05, 0) is 26.4 Å². The Kier molecular flexibility index (Phi) is 2.45. The molecular formula is C6H14N2O. The first-order chi connectivity index (χ1) is 4.33. The van der Waals surface area contributed by atoms with Gasteiger partial charge < -0.3 is 10.1 Å². The van der Waals surface area contributed by atoms with Crippen LogP contribution in [-0.4, -0.2) is 36.3 Å². The fraction of sp³-hybridized carbons (Fsp3) is 1.00. The third kappa shape index (κ3) is 1.93. The van der Waals surface area contributed by atoms with Crippen molar-refractivity contribution in [2.45, 2.75) is 18.9 Å². The fourth-order valence-corrected chi connectivity index (χ4v) is 1.27. The van der Waals surface area contributed by atoms with E-state index >= 15 is 0 Å². The van der Waals surface area contributed by atoms with Crippen LogP contribution in [0.15, 0.2) is 0 Å². The van der Waals surface area contributed by atoms with Gasteiger partial charge in [0.25, 0.3) is 0 Å². The van der Waals surface area contributed by atoms with Crippen molar-refractivity contribution in [2.75, 3.05) is 20.1 Å². The predicted molar refractivity (Wildman–Crippen MR) is 35.4 cm³/mol. The summed E-state index contributed by atoms with van der Waals surface area (Å²) in [5.41, 5.74) is 2.29. The van der Waals surface area contributed by atoms with Crippen LogP contribution in [0.25, 0.3) is 0 Å². The lowest BCUT2D eigenvalue weighted by atomic mass is 10.1. The van der Waals surface area contributed by atoms with Crippen molar-refractivity contribution >= 4 is 0 Å². The van der Waals surface area contributed by atoms with E-state index in [1.165, 1.54) is 6.42 Å². The van der Waals surface area contributed by atoms with E-state index in [-0.39, 0.29) is 0 Å². The van der Waals surface area contributed by atoms with Crippen molar-refractivity contribution in [1.29, 1.82) is 0 Å². The number of likely N-dealkylation sites (N-methyl/N-ethyl adjacent to an activating group) is 1. The Morgan fingerprint density at radius 3 is 2.89 bits per heavy atom. The van der Waals surface area contributed by atoms with Gasteiger partial charge in [0, 0.05) is 12.6 Å². The van der Waals surface area contributed by atoms with E-state index in [0.29, 0.717) is 6.04 Å². The topological polar surface area (TPSA) is 35.5 Å². The van der Waals surface area contributed by atoms with Gasteiger partial charge in [-0.3, -0.25) is 0 Å². The maximum atomic E-state index is 8.53. The van der Waals surface area contributed by atoms with E-state index < -0.39 is 0 Å². The van der Waals surface area contributed by atoms with Crippen molar-refractivity contribution < 1.29 is 5.21 Å². The Morgan fingerprint density at radius 1 is 1.67 bits per heavy atom. The molecule has 0 aromatic carbocycles. The number of piperidine rings is 1. The molecule has 0 aromatic rings. The second-order valence-electron chi connectivity index (χ2n) is 2.73. The van der Waals surface area contributed by atoms with Crippen LogP contribution in [0.5, 0.6) is 0 Å². The molecule has 0 spiro atoms. The van der Waals surface area contributed by atoms with E-state index in [2.05, 4.69) is 17.4 Å². The van der Waals surface area contributed by atoms with Gasteiger partial charge in [0.1, 0.15) is 0 Å². The third-order valence-electron chi connectivity index (χ3n) is 1.81. The van der Waals surface area contributed by atoms with Crippen molar-refractivity contribution in [3.63, 3.8) is 0 Å². The lowest BCUT2D eigenvalue weighted by molar-refractivity contribution is 0.0839. The smallest absolute Gasteiger partial charge is 0.0447 e. The number of hydroxylamine groups is 1. The highest BCUT2D eigenvalue weighted by atomic mass is 16.5. The Morgan fingerprint density at radius 2 is 2.44 bits per heavy atom. The van der Waals surface area contributed by atoms with Crippen LogP contribution < -0.4 is 5.48 Å². The summed E-state index contributed by atoms with van der Waals surface area (Å²) in [6.07, 6.45) is 2.29. The Balaban J connectivity index is 2.23. The molecule has 0 aromatic heterocycles. The van der Waals surface area contributed by atoms with Crippen LogP contribution in [0.3, 0.4) is 0 Å². The van der Waals surface area contributed by atoms with Crippen molar-refractivity contribution in [3.8, 4) is 0 Å². The molecule has 2 N–H and O–H groups in total. The van der Waals surface area contributed by atoms with Gasteiger partial charge in [-0.25, -0.2) is 5.48 Å². The standard InChI is InChI=1S/C6H14N2O/c1-8-4-2-3-6(5-8)7-9/h6-7,9H,2-5H2,1H3. The minimum Gasteiger partial charge on any atom is -0.316 e. The van der Waals surface area contributed by atoms with Gasteiger partial charge >= 0.3 is 0 Å². The summed E-state index contributed by atoms with van der Waals surface area (Å²) in [6, 6.07) is 0.295. The summed E-state index contributed by atoms with van der Waals surface area (Å²) < 4.78 is 0. The number of rotatable bonds is 1. The molecule has 0 bridgehead atoms. The van der Waals surface area contributed by atoms with Crippen LogP contribution in [-0.2, 0) is 0 Å². The lowest BCUT2D eigenvalue weighted by Crippen LogP contribution is -2.42.